The summed E-state index contributed by atoms with van der Waals surface area (Å²) in [5.74, 6) is -0.288. The van der Waals surface area contributed by atoms with Crippen LogP contribution in [0, 0.1) is 0 Å². The highest BCUT2D eigenvalue weighted by Gasteiger charge is 2.41. The molecule has 1 saturated carbocycles. The molecule has 0 aromatic heterocycles. The Morgan fingerprint density at radius 2 is 2.00 bits per heavy atom. The van der Waals surface area contributed by atoms with Crippen molar-refractivity contribution in [3.63, 3.8) is 0 Å². The standard InChI is InChI=1S/C12H20N2O3/c1-13(8-12(17)5-3-4-6-12)9-7-10(15)14(2)11(9)16/h9,17H,3-8H2,1-2H3. The maximum atomic E-state index is 11.8. The Hall–Kier alpha value is -0.940. The third kappa shape index (κ3) is 2.35. The number of rotatable bonds is 3. The molecule has 0 radical (unpaired) electrons. The number of amides is 2. The fraction of sp³-hybridized carbons (Fsp3) is 0.833. The fourth-order valence-electron chi connectivity index (χ4n) is 2.85. The first-order chi connectivity index (χ1) is 7.93. The smallest absolute Gasteiger partial charge is 0.246 e. The number of hydrogen-bond acceptors (Lipinski definition) is 4. The van der Waals surface area contributed by atoms with Gasteiger partial charge in [0.2, 0.25) is 11.8 Å². The number of carbonyl (C=O) groups is 2. The molecule has 0 aromatic rings. The van der Waals surface area contributed by atoms with Gasteiger partial charge in [-0.3, -0.25) is 19.4 Å². The van der Waals surface area contributed by atoms with Gasteiger partial charge in [0.25, 0.3) is 0 Å². The maximum Gasteiger partial charge on any atom is 0.246 e. The van der Waals surface area contributed by atoms with Crippen LogP contribution in [0.5, 0.6) is 0 Å². The van der Waals surface area contributed by atoms with E-state index in [4.69, 9.17) is 0 Å². The molecule has 5 heteroatoms. The van der Waals surface area contributed by atoms with Crippen molar-refractivity contribution in [1.29, 1.82) is 0 Å². The lowest BCUT2D eigenvalue weighted by molar-refractivity contribution is -0.138. The highest BCUT2D eigenvalue weighted by atomic mass is 16.3. The minimum absolute atomic E-state index is 0.134. The predicted molar refractivity (Wildman–Crippen MR) is 62.2 cm³/mol. The van der Waals surface area contributed by atoms with E-state index in [1.165, 1.54) is 11.9 Å². The number of nitrogens with zero attached hydrogens (tertiary/aromatic N) is 2. The van der Waals surface area contributed by atoms with Crippen molar-refractivity contribution in [2.75, 3.05) is 20.6 Å². The van der Waals surface area contributed by atoms with Crippen molar-refractivity contribution in [1.82, 2.24) is 9.80 Å². The summed E-state index contributed by atoms with van der Waals surface area (Å²) in [6.07, 6.45) is 3.91. The Morgan fingerprint density at radius 1 is 1.41 bits per heavy atom. The summed E-state index contributed by atoms with van der Waals surface area (Å²) >= 11 is 0. The summed E-state index contributed by atoms with van der Waals surface area (Å²) in [5.41, 5.74) is -0.667. The zero-order valence-corrected chi connectivity index (χ0v) is 10.5. The van der Waals surface area contributed by atoms with Crippen LogP contribution < -0.4 is 0 Å². The van der Waals surface area contributed by atoms with E-state index in [0.717, 1.165) is 25.7 Å². The van der Waals surface area contributed by atoms with Crippen LogP contribution in [0.4, 0.5) is 0 Å². The van der Waals surface area contributed by atoms with Gasteiger partial charge in [0.1, 0.15) is 0 Å². The Morgan fingerprint density at radius 3 is 2.47 bits per heavy atom. The number of likely N-dealkylation sites (N-methyl/N-ethyl adjacent to an activating group) is 2. The Labute approximate surface area is 101 Å². The Bertz CT molecular complexity index is 337. The topological polar surface area (TPSA) is 60.9 Å². The van der Waals surface area contributed by atoms with E-state index in [1.807, 2.05) is 11.9 Å². The van der Waals surface area contributed by atoms with E-state index in [2.05, 4.69) is 0 Å². The zero-order valence-electron chi connectivity index (χ0n) is 10.5. The fourth-order valence-corrected chi connectivity index (χ4v) is 2.85. The molecule has 1 unspecified atom stereocenters. The summed E-state index contributed by atoms with van der Waals surface area (Å²) < 4.78 is 0. The van der Waals surface area contributed by atoms with Crippen LogP contribution in [0.1, 0.15) is 32.1 Å². The van der Waals surface area contributed by atoms with Gasteiger partial charge in [-0.1, -0.05) is 12.8 Å². The SMILES string of the molecule is CN1C(=O)CC(N(C)CC2(O)CCCC2)C1=O. The molecule has 1 heterocycles. The second-order valence-corrected chi connectivity index (χ2v) is 5.36. The molecular weight excluding hydrogens is 220 g/mol. The number of imide groups is 1. The van der Waals surface area contributed by atoms with E-state index in [0.29, 0.717) is 6.54 Å². The van der Waals surface area contributed by atoms with E-state index in [-0.39, 0.29) is 18.2 Å². The molecule has 5 nitrogen and oxygen atoms in total. The second-order valence-electron chi connectivity index (χ2n) is 5.36. The van der Waals surface area contributed by atoms with Gasteiger partial charge in [-0.05, 0) is 19.9 Å². The van der Waals surface area contributed by atoms with Crippen LogP contribution in [0.25, 0.3) is 0 Å². The van der Waals surface area contributed by atoms with Crippen LogP contribution in [0.3, 0.4) is 0 Å². The van der Waals surface area contributed by atoms with Crippen molar-refractivity contribution >= 4 is 11.8 Å². The van der Waals surface area contributed by atoms with Gasteiger partial charge in [-0.15, -0.1) is 0 Å². The number of likely N-dealkylation sites (tertiary alicyclic amines) is 1. The van der Waals surface area contributed by atoms with Crippen molar-refractivity contribution < 1.29 is 14.7 Å². The van der Waals surface area contributed by atoms with Crippen LogP contribution in [-0.4, -0.2) is 59.0 Å². The van der Waals surface area contributed by atoms with Gasteiger partial charge < -0.3 is 5.11 Å². The van der Waals surface area contributed by atoms with E-state index in [1.54, 1.807) is 0 Å². The molecule has 96 valence electrons. The van der Waals surface area contributed by atoms with Crippen molar-refractivity contribution in [3.8, 4) is 0 Å². The summed E-state index contributed by atoms with van der Waals surface area (Å²) in [6, 6.07) is -0.392. The van der Waals surface area contributed by atoms with Crippen LogP contribution in [0.15, 0.2) is 0 Å². The van der Waals surface area contributed by atoms with E-state index < -0.39 is 11.6 Å². The van der Waals surface area contributed by atoms with Crippen molar-refractivity contribution in [2.45, 2.75) is 43.7 Å². The maximum absolute atomic E-state index is 11.8. The molecule has 2 rings (SSSR count). The summed E-state index contributed by atoms with van der Waals surface area (Å²) in [7, 11) is 3.33. The molecule has 1 atom stereocenters. The molecule has 1 N–H and O–H groups in total. The first-order valence-corrected chi connectivity index (χ1v) is 6.16. The van der Waals surface area contributed by atoms with E-state index in [9.17, 15) is 14.7 Å². The van der Waals surface area contributed by atoms with Gasteiger partial charge in [-0.25, -0.2) is 0 Å². The first kappa shape index (κ1) is 12.5. The monoisotopic (exact) mass is 240 g/mol. The minimum Gasteiger partial charge on any atom is -0.389 e. The van der Waals surface area contributed by atoms with Crippen LogP contribution >= 0.6 is 0 Å². The highest BCUT2D eigenvalue weighted by molar-refractivity contribution is 6.05. The van der Waals surface area contributed by atoms with Gasteiger partial charge in [0, 0.05) is 13.6 Å². The molecule has 0 spiro atoms. The quantitative estimate of drug-likeness (QED) is 0.704. The Balaban J connectivity index is 1.99. The molecule has 2 aliphatic rings. The molecule has 1 aliphatic carbocycles. The lowest BCUT2D eigenvalue weighted by atomic mass is 10.0. The molecule has 0 aromatic carbocycles. The third-order valence-electron chi connectivity index (χ3n) is 3.97. The van der Waals surface area contributed by atoms with E-state index >= 15 is 0 Å². The largest absolute Gasteiger partial charge is 0.389 e. The highest BCUT2D eigenvalue weighted by Crippen LogP contribution is 2.31. The average Bonchev–Trinajstić information content (AvgIpc) is 2.78. The average molecular weight is 240 g/mol. The third-order valence-corrected chi connectivity index (χ3v) is 3.97. The Kier molecular flexibility index (Phi) is 3.23. The molecule has 17 heavy (non-hydrogen) atoms. The normalized spacial score (nSPS) is 28.5. The van der Waals surface area contributed by atoms with Crippen molar-refractivity contribution in [3.05, 3.63) is 0 Å². The van der Waals surface area contributed by atoms with Crippen LogP contribution in [-0.2, 0) is 9.59 Å². The second kappa shape index (κ2) is 4.38. The van der Waals surface area contributed by atoms with Gasteiger partial charge in [0.05, 0.1) is 18.1 Å². The molecule has 2 fully saturated rings. The van der Waals surface area contributed by atoms with Crippen LogP contribution in [0.2, 0.25) is 0 Å². The number of aliphatic hydroxyl groups is 1. The molecule has 1 saturated heterocycles. The first-order valence-electron chi connectivity index (χ1n) is 6.16. The summed E-state index contributed by atoms with van der Waals surface area (Å²) in [4.78, 5) is 26.3. The van der Waals surface area contributed by atoms with Gasteiger partial charge >= 0.3 is 0 Å². The molecule has 1 aliphatic heterocycles. The number of hydrogen-bond donors (Lipinski definition) is 1. The predicted octanol–water partition coefficient (Wildman–Crippen LogP) is -0.0194. The summed E-state index contributed by atoms with van der Waals surface area (Å²) in [5, 5.41) is 10.3. The van der Waals surface area contributed by atoms with Gasteiger partial charge in [-0.2, -0.15) is 0 Å². The van der Waals surface area contributed by atoms with Gasteiger partial charge in [0.15, 0.2) is 0 Å². The lowest BCUT2D eigenvalue weighted by Crippen LogP contribution is -2.46. The molecular formula is C12H20N2O3. The minimum atomic E-state index is -0.667. The van der Waals surface area contributed by atoms with Crippen molar-refractivity contribution in [2.24, 2.45) is 0 Å². The summed E-state index contributed by atoms with van der Waals surface area (Å²) in [6.45, 7) is 0.477. The molecule has 0 bridgehead atoms. The lowest BCUT2D eigenvalue weighted by Gasteiger charge is -2.31. The molecule has 2 amide bonds. The number of carbonyl (C=O) groups excluding carboxylic acids is 2. The zero-order chi connectivity index (χ0) is 12.6.